The summed E-state index contributed by atoms with van der Waals surface area (Å²) in [5.41, 5.74) is 0.365. The minimum absolute atomic E-state index is 0.0656. The summed E-state index contributed by atoms with van der Waals surface area (Å²) in [6.45, 7) is 0.651. The molecule has 1 heterocycles. The van der Waals surface area contributed by atoms with Crippen molar-refractivity contribution in [2.24, 2.45) is 0 Å². The molecule has 1 aliphatic carbocycles. The normalized spacial score (nSPS) is 17.9. The lowest BCUT2D eigenvalue weighted by Gasteiger charge is -2.43. The van der Waals surface area contributed by atoms with Crippen molar-refractivity contribution in [3.8, 4) is 0 Å². The fraction of sp³-hybridized carbons (Fsp3) is 0.600. The van der Waals surface area contributed by atoms with Gasteiger partial charge in [-0.25, -0.2) is 0 Å². The van der Waals surface area contributed by atoms with Crippen LogP contribution in [0.25, 0.3) is 0 Å². The minimum atomic E-state index is -0.196. The lowest BCUT2D eigenvalue weighted by atomic mass is 9.80. The third-order valence-corrected chi connectivity index (χ3v) is 4.36. The van der Waals surface area contributed by atoms with E-state index in [2.05, 4.69) is 29.3 Å². The first-order valence-electron chi connectivity index (χ1n) is 7.18. The average molecular weight is 277 g/mol. The molecule has 1 saturated carbocycles. The molecule has 20 heavy (non-hydrogen) atoms. The largest absolute Gasteiger partial charge is 0.350 e. The van der Waals surface area contributed by atoms with Gasteiger partial charge in [-0.2, -0.15) is 0 Å². The predicted octanol–water partition coefficient (Wildman–Crippen LogP) is 1.37. The summed E-state index contributed by atoms with van der Waals surface area (Å²) >= 11 is 0. The van der Waals surface area contributed by atoms with Crippen molar-refractivity contribution in [2.75, 3.05) is 20.6 Å². The van der Waals surface area contributed by atoms with E-state index in [1.807, 2.05) is 0 Å². The van der Waals surface area contributed by atoms with E-state index in [-0.39, 0.29) is 17.0 Å². The maximum absolute atomic E-state index is 12.1. The second-order valence-corrected chi connectivity index (χ2v) is 5.80. The van der Waals surface area contributed by atoms with Crippen LogP contribution in [0.4, 0.5) is 0 Å². The number of nitrogens with one attached hydrogen (secondary N) is 2. The van der Waals surface area contributed by atoms with Gasteiger partial charge in [-0.1, -0.05) is 19.3 Å². The molecule has 5 heteroatoms. The predicted molar refractivity (Wildman–Crippen MR) is 78.9 cm³/mol. The van der Waals surface area contributed by atoms with Crippen molar-refractivity contribution >= 4 is 5.91 Å². The molecule has 0 aromatic carbocycles. The molecule has 2 N–H and O–H groups in total. The first-order chi connectivity index (χ1) is 9.53. The van der Waals surface area contributed by atoms with Gasteiger partial charge in [0.05, 0.1) is 5.56 Å². The van der Waals surface area contributed by atoms with Crippen LogP contribution in [0.1, 0.15) is 42.5 Å². The second kappa shape index (κ2) is 6.22. The Bertz CT molecular complexity index is 496. The average Bonchev–Trinajstić information content (AvgIpc) is 2.46. The third-order valence-electron chi connectivity index (χ3n) is 4.36. The van der Waals surface area contributed by atoms with Crippen LogP contribution in [-0.2, 0) is 0 Å². The monoisotopic (exact) mass is 277 g/mol. The maximum Gasteiger partial charge on any atom is 0.252 e. The number of carbonyl (C=O) groups is 1. The number of rotatable bonds is 4. The van der Waals surface area contributed by atoms with Crippen molar-refractivity contribution < 1.29 is 4.79 Å². The van der Waals surface area contributed by atoms with Crippen molar-refractivity contribution in [2.45, 2.75) is 37.6 Å². The Hall–Kier alpha value is -1.62. The SMILES string of the molecule is CN(C)C1(CNC(=O)c2ccc(=O)[nH]c2)CCCCC1. The van der Waals surface area contributed by atoms with Crippen molar-refractivity contribution in [3.63, 3.8) is 0 Å². The number of aromatic nitrogens is 1. The van der Waals surface area contributed by atoms with E-state index in [0.717, 1.165) is 12.8 Å². The van der Waals surface area contributed by atoms with Crippen LogP contribution in [0.3, 0.4) is 0 Å². The molecule has 0 spiro atoms. The number of amides is 1. The molecule has 1 aliphatic rings. The molecule has 0 aliphatic heterocycles. The number of hydrogen-bond acceptors (Lipinski definition) is 3. The number of likely N-dealkylation sites (N-methyl/N-ethyl adjacent to an activating group) is 1. The standard InChI is InChI=1S/C15H23N3O2/c1-18(2)15(8-4-3-5-9-15)11-17-14(20)12-6-7-13(19)16-10-12/h6-7,10H,3-5,8-9,11H2,1-2H3,(H,16,19)(H,17,20). The van der Waals surface area contributed by atoms with Crippen LogP contribution < -0.4 is 10.9 Å². The van der Waals surface area contributed by atoms with Crippen LogP contribution in [-0.4, -0.2) is 42.0 Å². The second-order valence-electron chi connectivity index (χ2n) is 5.80. The van der Waals surface area contributed by atoms with Crippen LogP contribution in [0.15, 0.2) is 23.1 Å². The highest BCUT2D eigenvalue weighted by Crippen LogP contribution is 2.31. The first kappa shape index (κ1) is 14.8. The van der Waals surface area contributed by atoms with Crippen LogP contribution in [0.5, 0.6) is 0 Å². The molecule has 0 radical (unpaired) electrons. The van der Waals surface area contributed by atoms with Crippen molar-refractivity contribution in [1.29, 1.82) is 0 Å². The molecule has 2 rings (SSSR count). The summed E-state index contributed by atoms with van der Waals surface area (Å²) in [5, 5.41) is 3.01. The topological polar surface area (TPSA) is 65.2 Å². The molecule has 1 aromatic rings. The quantitative estimate of drug-likeness (QED) is 0.873. The van der Waals surface area contributed by atoms with E-state index in [1.165, 1.54) is 31.5 Å². The lowest BCUT2D eigenvalue weighted by Crippen LogP contribution is -2.53. The Labute approximate surface area is 119 Å². The summed E-state index contributed by atoms with van der Waals surface area (Å²) in [5.74, 6) is -0.131. The molecule has 0 unspecified atom stereocenters. The summed E-state index contributed by atoms with van der Waals surface area (Å²) in [6.07, 6.45) is 7.40. The fourth-order valence-corrected chi connectivity index (χ4v) is 2.89. The Morgan fingerprint density at radius 2 is 2.00 bits per heavy atom. The van der Waals surface area contributed by atoms with Gasteiger partial charge >= 0.3 is 0 Å². The van der Waals surface area contributed by atoms with E-state index in [4.69, 9.17) is 0 Å². The van der Waals surface area contributed by atoms with Gasteiger partial charge in [0.1, 0.15) is 0 Å². The van der Waals surface area contributed by atoms with E-state index in [1.54, 1.807) is 6.07 Å². The Balaban J connectivity index is 2.00. The van der Waals surface area contributed by atoms with Crippen molar-refractivity contribution in [1.82, 2.24) is 15.2 Å². The first-order valence-corrected chi connectivity index (χ1v) is 7.18. The lowest BCUT2D eigenvalue weighted by molar-refractivity contribution is 0.0799. The molecule has 0 atom stereocenters. The molecular weight excluding hydrogens is 254 g/mol. The van der Waals surface area contributed by atoms with E-state index < -0.39 is 0 Å². The zero-order valence-electron chi connectivity index (χ0n) is 12.2. The van der Waals surface area contributed by atoms with Crippen molar-refractivity contribution in [3.05, 3.63) is 34.2 Å². The maximum atomic E-state index is 12.1. The molecule has 1 aromatic heterocycles. The van der Waals surface area contributed by atoms with Gasteiger partial charge in [0, 0.05) is 24.3 Å². The molecule has 5 nitrogen and oxygen atoms in total. The molecular formula is C15H23N3O2. The van der Waals surface area contributed by atoms with Gasteiger partial charge in [0.2, 0.25) is 5.56 Å². The highest BCUT2D eigenvalue weighted by atomic mass is 16.1. The summed E-state index contributed by atoms with van der Waals surface area (Å²) in [6, 6.07) is 2.93. The zero-order valence-corrected chi connectivity index (χ0v) is 12.2. The van der Waals surface area contributed by atoms with Gasteiger partial charge in [0.25, 0.3) is 5.91 Å². The summed E-state index contributed by atoms with van der Waals surface area (Å²) in [4.78, 5) is 27.9. The van der Waals surface area contributed by atoms with Gasteiger partial charge in [0.15, 0.2) is 0 Å². The number of pyridine rings is 1. The molecule has 1 amide bonds. The zero-order chi connectivity index (χ0) is 14.6. The molecule has 0 bridgehead atoms. The summed E-state index contributed by atoms with van der Waals surface area (Å²) in [7, 11) is 4.16. The third kappa shape index (κ3) is 3.28. The number of hydrogen-bond donors (Lipinski definition) is 2. The summed E-state index contributed by atoms with van der Waals surface area (Å²) < 4.78 is 0. The number of H-pyrrole nitrogens is 1. The Morgan fingerprint density at radius 3 is 2.55 bits per heavy atom. The minimum Gasteiger partial charge on any atom is -0.350 e. The van der Waals surface area contributed by atoms with E-state index in [0.29, 0.717) is 12.1 Å². The molecule has 1 fully saturated rings. The van der Waals surface area contributed by atoms with Crippen LogP contribution in [0.2, 0.25) is 0 Å². The van der Waals surface area contributed by atoms with E-state index >= 15 is 0 Å². The molecule has 110 valence electrons. The highest BCUT2D eigenvalue weighted by molar-refractivity contribution is 5.93. The number of carbonyl (C=O) groups excluding carboxylic acids is 1. The van der Waals surface area contributed by atoms with Crippen LogP contribution in [0, 0.1) is 0 Å². The molecule has 0 saturated heterocycles. The van der Waals surface area contributed by atoms with Gasteiger partial charge in [-0.05, 0) is 33.0 Å². The van der Waals surface area contributed by atoms with Crippen LogP contribution >= 0.6 is 0 Å². The van der Waals surface area contributed by atoms with Gasteiger partial charge in [-0.3, -0.25) is 9.59 Å². The van der Waals surface area contributed by atoms with Gasteiger partial charge in [-0.15, -0.1) is 0 Å². The highest BCUT2D eigenvalue weighted by Gasteiger charge is 2.34. The van der Waals surface area contributed by atoms with Gasteiger partial charge < -0.3 is 15.2 Å². The van der Waals surface area contributed by atoms with E-state index in [9.17, 15) is 9.59 Å². The number of aromatic amines is 1. The Kier molecular flexibility index (Phi) is 4.60. The smallest absolute Gasteiger partial charge is 0.252 e. The Morgan fingerprint density at radius 1 is 1.30 bits per heavy atom. The number of nitrogens with zero attached hydrogens (tertiary/aromatic N) is 1. The fourth-order valence-electron chi connectivity index (χ4n) is 2.89.